The first-order valence-corrected chi connectivity index (χ1v) is 8.41. The molecule has 0 saturated carbocycles. The Morgan fingerprint density at radius 3 is 2.43 bits per heavy atom. The summed E-state index contributed by atoms with van der Waals surface area (Å²) in [6.07, 6.45) is 1.48. The van der Waals surface area contributed by atoms with Gasteiger partial charge in [0.15, 0.2) is 0 Å². The van der Waals surface area contributed by atoms with Gasteiger partial charge in [-0.1, -0.05) is 11.6 Å². The molecule has 0 aliphatic rings. The number of nitrogens with zero attached hydrogens (tertiary/aromatic N) is 1. The van der Waals surface area contributed by atoms with Crippen LogP contribution in [0.2, 0.25) is 5.02 Å². The Morgan fingerprint density at radius 2 is 1.83 bits per heavy atom. The highest BCUT2D eigenvalue weighted by Crippen LogP contribution is 2.32. The van der Waals surface area contributed by atoms with Crippen molar-refractivity contribution < 1.29 is 9.90 Å². The molecule has 0 aliphatic carbocycles. The van der Waals surface area contributed by atoms with E-state index in [1.54, 1.807) is 36.4 Å². The lowest BCUT2D eigenvalue weighted by molar-refractivity contribution is -0.119. The molecule has 0 unspecified atom stereocenters. The van der Waals surface area contributed by atoms with Crippen molar-refractivity contribution in [2.24, 2.45) is 5.10 Å². The number of hydrazone groups is 1. The van der Waals surface area contributed by atoms with E-state index in [1.165, 1.54) is 6.21 Å². The van der Waals surface area contributed by atoms with Gasteiger partial charge in [0, 0.05) is 10.7 Å². The van der Waals surface area contributed by atoms with Gasteiger partial charge in [0.05, 0.1) is 21.7 Å². The fourth-order valence-corrected chi connectivity index (χ4v) is 2.98. The second-order valence-electron chi connectivity index (χ2n) is 4.49. The number of hydrogen-bond acceptors (Lipinski definition) is 4. The van der Waals surface area contributed by atoms with Crippen LogP contribution in [0.15, 0.2) is 50.4 Å². The molecule has 2 aromatic carbocycles. The van der Waals surface area contributed by atoms with Crippen molar-refractivity contribution in [3.05, 3.63) is 55.9 Å². The zero-order valence-corrected chi connectivity index (χ0v) is 15.6. The molecule has 0 saturated heterocycles. The fourth-order valence-electron chi connectivity index (χ4n) is 1.63. The van der Waals surface area contributed by atoms with Crippen molar-refractivity contribution in [2.45, 2.75) is 0 Å². The average Bonchev–Trinajstić information content (AvgIpc) is 2.52. The first kappa shape index (κ1) is 17.8. The molecule has 1 amide bonds. The van der Waals surface area contributed by atoms with E-state index in [0.717, 1.165) is 5.69 Å². The molecule has 23 heavy (non-hydrogen) atoms. The maximum Gasteiger partial charge on any atom is 0.259 e. The van der Waals surface area contributed by atoms with E-state index < -0.39 is 0 Å². The summed E-state index contributed by atoms with van der Waals surface area (Å²) in [4.78, 5) is 11.7. The Labute approximate surface area is 155 Å². The Balaban J connectivity index is 1.85. The lowest BCUT2D eigenvalue weighted by Crippen LogP contribution is -2.25. The lowest BCUT2D eigenvalue weighted by atomic mass is 10.2. The van der Waals surface area contributed by atoms with Gasteiger partial charge >= 0.3 is 0 Å². The van der Waals surface area contributed by atoms with Crippen LogP contribution in [0, 0.1) is 0 Å². The summed E-state index contributed by atoms with van der Waals surface area (Å²) in [5.41, 5.74) is 3.92. The van der Waals surface area contributed by atoms with Crippen LogP contribution in [-0.4, -0.2) is 23.8 Å². The summed E-state index contributed by atoms with van der Waals surface area (Å²) < 4.78 is 1.06. The number of nitrogens with one attached hydrogen (secondary N) is 2. The molecular weight excluding hydrogens is 449 g/mol. The number of benzene rings is 2. The Kier molecular flexibility index (Phi) is 6.44. The van der Waals surface area contributed by atoms with E-state index in [2.05, 4.69) is 47.7 Å². The lowest BCUT2D eigenvalue weighted by Gasteiger charge is -2.05. The third-order valence-electron chi connectivity index (χ3n) is 2.74. The molecule has 2 aromatic rings. The van der Waals surface area contributed by atoms with Crippen molar-refractivity contribution in [1.29, 1.82) is 0 Å². The number of phenols is 1. The second kappa shape index (κ2) is 8.33. The number of phenolic OH excluding ortho intramolecular Hbond substituents is 1. The number of hydrogen-bond donors (Lipinski definition) is 3. The first-order chi connectivity index (χ1) is 11.0. The van der Waals surface area contributed by atoms with Crippen LogP contribution in [-0.2, 0) is 4.79 Å². The highest BCUT2D eigenvalue weighted by atomic mass is 79.9. The number of carbonyl (C=O) groups excluding carboxylic acids is 1. The minimum absolute atomic E-state index is 0.0853. The maximum absolute atomic E-state index is 11.7. The van der Waals surface area contributed by atoms with Gasteiger partial charge in [-0.15, -0.1) is 0 Å². The van der Waals surface area contributed by atoms with Gasteiger partial charge in [0.2, 0.25) is 0 Å². The summed E-state index contributed by atoms with van der Waals surface area (Å²) in [7, 11) is 0. The summed E-state index contributed by atoms with van der Waals surface area (Å²) in [5.74, 6) is -0.175. The summed E-state index contributed by atoms with van der Waals surface area (Å²) in [5, 5.41) is 17.1. The Morgan fingerprint density at radius 1 is 1.22 bits per heavy atom. The van der Waals surface area contributed by atoms with Crippen LogP contribution < -0.4 is 10.7 Å². The third kappa shape index (κ3) is 5.53. The molecule has 0 aromatic heterocycles. The topological polar surface area (TPSA) is 73.7 Å². The van der Waals surface area contributed by atoms with Gasteiger partial charge in [-0.3, -0.25) is 4.79 Å². The quantitative estimate of drug-likeness (QED) is 0.463. The van der Waals surface area contributed by atoms with Crippen molar-refractivity contribution in [2.75, 3.05) is 11.9 Å². The molecule has 2 rings (SSSR count). The molecule has 5 nitrogen and oxygen atoms in total. The molecule has 0 heterocycles. The summed E-state index contributed by atoms with van der Waals surface area (Å²) in [6, 6.07) is 10.4. The van der Waals surface area contributed by atoms with Crippen LogP contribution >= 0.6 is 43.5 Å². The zero-order valence-electron chi connectivity index (χ0n) is 11.7. The predicted molar refractivity (Wildman–Crippen MR) is 99.2 cm³/mol. The van der Waals surface area contributed by atoms with Crippen LogP contribution in [0.1, 0.15) is 5.56 Å². The van der Waals surface area contributed by atoms with Crippen LogP contribution in [0.3, 0.4) is 0 Å². The van der Waals surface area contributed by atoms with Crippen molar-refractivity contribution in [1.82, 2.24) is 5.43 Å². The van der Waals surface area contributed by atoms with Crippen molar-refractivity contribution in [3.63, 3.8) is 0 Å². The summed E-state index contributed by atoms with van der Waals surface area (Å²) >= 11 is 12.2. The number of aromatic hydroxyl groups is 1. The molecule has 0 atom stereocenters. The Bertz CT molecular complexity index is 713. The second-order valence-corrected chi connectivity index (χ2v) is 6.63. The fraction of sp³-hybridized carbons (Fsp3) is 0.0667. The van der Waals surface area contributed by atoms with Crippen LogP contribution in [0.4, 0.5) is 5.69 Å². The normalized spacial score (nSPS) is 10.7. The average molecular weight is 462 g/mol. The summed E-state index contributed by atoms with van der Waals surface area (Å²) in [6.45, 7) is 0.0853. The van der Waals surface area contributed by atoms with Crippen molar-refractivity contribution >= 4 is 61.3 Å². The van der Waals surface area contributed by atoms with Gasteiger partial charge < -0.3 is 10.4 Å². The molecule has 0 bridgehead atoms. The van der Waals surface area contributed by atoms with E-state index >= 15 is 0 Å². The van der Waals surface area contributed by atoms with E-state index in [1.807, 2.05) is 0 Å². The van der Waals surface area contributed by atoms with Crippen LogP contribution in [0.25, 0.3) is 0 Å². The molecular formula is C15H12Br2ClN3O2. The predicted octanol–water partition coefficient (Wildman–Crippen LogP) is 4.13. The molecule has 3 N–H and O–H groups in total. The number of rotatable bonds is 5. The smallest absolute Gasteiger partial charge is 0.259 e. The van der Waals surface area contributed by atoms with Gasteiger partial charge in [-0.25, -0.2) is 5.43 Å². The molecule has 0 radical (unpaired) electrons. The van der Waals surface area contributed by atoms with E-state index in [9.17, 15) is 9.90 Å². The van der Waals surface area contributed by atoms with Gasteiger partial charge in [0.25, 0.3) is 5.91 Å². The molecule has 120 valence electrons. The van der Waals surface area contributed by atoms with Gasteiger partial charge in [-0.2, -0.15) is 5.10 Å². The number of halogens is 3. The molecule has 0 aliphatic heterocycles. The SMILES string of the molecule is O=C(CNc1ccc(Cl)cc1)N/N=C/c1cc(Br)c(O)c(Br)c1. The largest absolute Gasteiger partial charge is 0.506 e. The minimum Gasteiger partial charge on any atom is -0.506 e. The number of amides is 1. The van der Waals surface area contributed by atoms with E-state index in [4.69, 9.17) is 11.6 Å². The van der Waals surface area contributed by atoms with E-state index in [-0.39, 0.29) is 18.2 Å². The van der Waals surface area contributed by atoms with Crippen molar-refractivity contribution in [3.8, 4) is 5.75 Å². The standard InChI is InChI=1S/C15H12Br2ClN3O2/c16-12-5-9(6-13(17)15(12)23)7-20-21-14(22)8-19-11-3-1-10(18)2-4-11/h1-7,19,23H,8H2,(H,21,22)/b20-7+. The molecule has 0 fully saturated rings. The minimum atomic E-state index is -0.284. The maximum atomic E-state index is 11.7. The third-order valence-corrected chi connectivity index (χ3v) is 4.20. The highest BCUT2D eigenvalue weighted by Gasteiger charge is 2.05. The van der Waals surface area contributed by atoms with Crippen LogP contribution in [0.5, 0.6) is 5.75 Å². The highest BCUT2D eigenvalue weighted by molar-refractivity contribution is 9.11. The van der Waals surface area contributed by atoms with Gasteiger partial charge in [0.1, 0.15) is 5.75 Å². The monoisotopic (exact) mass is 459 g/mol. The zero-order chi connectivity index (χ0) is 16.8. The molecule has 0 spiro atoms. The van der Waals surface area contributed by atoms with Gasteiger partial charge in [-0.05, 0) is 73.8 Å². The Hall–Kier alpha value is -1.57. The number of carbonyl (C=O) groups is 1. The first-order valence-electron chi connectivity index (χ1n) is 6.45. The molecule has 8 heteroatoms. The number of anilines is 1. The van der Waals surface area contributed by atoms with E-state index in [0.29, 0.717) is 19.5 Å².